The van der Waals surface area contributed by atoms with E-state index in [1.54, 1.807) is 6.07 Å². The molecule has 4 heteroatoms. The Kier molecular flexibility index (Phi) is 4.01. The van der Waals surface area contributed by atoms with Crippen LogP contribution in [0, 0.1) is 0 Å². The zero-order chi connectivity index (χ0) is 15.4. The van der Waals surface area contributed by atoms with Gasteiger partial charge in [-0.25, -0.2) is 9.78 Å². The normalized spacial score (nSPS) is 10.5. The highest BCUT2D eigenvalue weighted by molar-refractivity contribution is 5.93. The number of fused-ring (bicyclic) bond motifs is 1. The second-order valence-corrected chi connectivity index (χ2v) is 4.91. The maximum atomic E-state index is 11.2. The quantitative estimate of drug-likeness (QED) is 0.781. The van der Waals surface area contributed by atoms with Crippen LogP contribution in [0.2, 0.25) is 0 Å². The number of hydrogen-bond donors (Lipinski definition) is 1. The van der Waals surface area contributed by atoms with Gasteiger partial charge in [0.1, 0.15) is 5.75 Å². The number of carboxylic acids is 1. The molecule has 0 radical (unpaired) electrons. The van der Waals surface area contributed by atoms with E-state index in [2.05, 4.69) is 4.98 Å². The molecule has 2 aromatic carbocycles. The van der Waals surface area contributed by atoms with Gasteiger partial charge in [-0.1, -0.05) is 42.5 Å². The van der Waals surface area contributed by atoms with E-state index in [0.717, 1.165) is 11.8 Å². The summed E-state index contributed by atoms with van der Waals surface area (Å²) < 4.78 is 5.81. The Morgan fingerprint density at radius 3 is 2.55 bits per heavy atom. The van der Waals surface area contributed by atoms with E-state index < -0.39 is 5.97 Å². The van der Waals surface area contributed by atoms with Crippen LogP contribution in [0.25, 0.3) is 10.9 Å². The van der Waals surface area contributed by atoms with Gasteiger partial charge in [0.25, 0.3) is 0 Å². The van der Waals surface area contributed by atoms with Crippen LogP contribution in [0.5, 0.6) is 5.75 Å². The molecule has 0 fully saturated rings. The summed E-state index contributed by atoms with van der Waals surface area (Å²) in [5, 5.41) is 9.97. The van der Waals surface area contributed by atoms with Crippen molar-refractivity contribution in [2.75, 3.05) is 6.61 Å². The Hall–Kier alpha value is -2.88. The summed E-state index contributed by atoms with van der Waals surface area (Å²) in [4.78, 5) is 15.3. The third-order valence-corrected chi connectivity index (χ3v) is 3.39. The minimum absolute atomic E-state index is 0.00610. The van der Waals surface area contributed by atoms with Gasteiger partial charge >= 0.3 is 5.97 Å². The Balaban J connectivity index is 1.84. The summed E-state index contributed by atoms with van der Waals surface area (Å²) in [6, 6.07) is 18.9. The van der Waals surface area contributed by atoms with E-state index >= 15 is 0 Å². The van der Waals surface area contributed by atoms with Crippen LogP contribution in [0.15, 0.2) is 60.7 Å². The monoisotopic (exact) mass is 293 g/mol. The van der Waals surface area contributed by atoms with Crippen LogP contribution in [0.4, 0.5) is 0 Å². The lowest BCUT2D eigenvalue weighted by Crippen LogP contribution is -2.05. The second kappa shape index (κ2) is 6.26. The standard InChI is InChI=1S/C18H15NO3/c20-18(21)16-12-17(14-8-4-5-9-15(14)19-16)22-11-10-13-6-2-1-3-7-13/h1-9,12H,10-11H2,(H,20,21). The van der Waals surface area contributed by atoms with Crippen molar-refractivity contribution in [2.24, 2.45) is 0 Å². The largest absolute Gasteiger partial charge is 0.492 e. The maximum Gasteiger partial charge on any atom is 0.354 e. The van der Waals surface area contributed by atoms with Gasteiger partial charge in [0.05, 0.1) is 12.1 Å². The molecule has 4 nitrogen and oxygen atoms in total. The zero-order valence-electron chi connectivity index (χ0n) is 11.9. The van der Waals surface area contributed by atoms with Gasteiger partial charge in [-0.05, 0) is 17.7 Å². The predicted molar refractivity (Wildman–Crippen MR) is 84.3 cm³/mol. The highest BCUT2D eigenvalue weighted by atomic mass is 16.5. The summed E-state index contributed by atoms with van der Waals surface area (Å²) in [5.74, 6) is -0.502. The van der Waals surface area contributed by atoms with E-state index in [4.69, 9.17) is 9.84 Å². The van der Waals surface area contributed by atoms with Crippen molar-refractivity contribution in [3.8, 4) is 5.75 Å². The van der Waals surface area contributed by atoms with Crippen molar-refractivity contribution < 1.29 is 14.6 Å². The lowest BCUT2D eigenvalue weighted by atomic mass is 10.1. The van der Waals surface area contributed by atoms with Crippen molar-refractivity contribution in [2.45, 2.75) is 6.42 Å². The Bertz CT molecular complexity index is 800. The topological polar surface area (TPSA) is 59.4 Å². The molecule has 1 N–H and O–H groups in total. The summed E-state index contributed by atoms with van der Waals surface area (Å²) in [7, 11) is 0. The van der Waals surface area contributed by atoms with Gasteiger partial charge in [0, 0.05) is 17.9 Å². The number of hydrogen-bond acceptors (Lipinski definition) is 3. The first kappa shape index (κ1) is 14.1. The third-order valence-electron chi connectivity index (χ3n) is 3.39. The lowest BCUT2D eigenvalue weighted by molar-refractivity contribution is 0.0690. The molecule has 0 saturated heterocycles. The Morgan fingerprint density at radius 2 is 1.77 bits per heavy atom. The number of para-hydroxylation sites is 1. The number of benzene rings is 2. The smallest absolute Gasteiger partial charge is 0.354 e. The summed E-state index contributed by atoms with van der Waals surface area (Å²) in [6.07, 6.45) is 0.764. The second-order valence-electron chi connectivity index (χ2n) is 4.91. The molecule has 1 heterocycles. The van der Waals surface area contributed by atoms with E-state index in [9.17, 15) is 4.79 Å². The predicted octanol–water partition coefficient (Wildman–Crippen LogP) is 3.55. The fourth-order valence-electron chi connectivity index (χ4n) is 2.30. The van der Waals surface area contributed by atoms with Gasteiger partial charge < -0.3 is 9.84 Å². The number of rotatable bonds is 5. The van der Waals surface area contributed by atoms with Crippen LogP contribution >= 0.6 is 0 Å². The summed E-state index contributed by atoms with van der Waals surface area (Å²) in [6.45, 7) is 0.483. The minimum Gasteiger partial charge on any atom is -0.492 e. The van der Waals surface area contributed by atoms with Crippen molar-refractivity contribution >= 4 is 16.9 Å². The average molecular weight is 293 g/mol. The third kappa shape index (κ3) is 3.06. The molecule has 3 rings (SSSR count). The zero-order valence-corrected chi connectivity index (χ0v) is 11.9. The van der Waals surface area contributed by atoms with Gasteiger partial charge in [-0.15, -0.1) is 0 Å². The Labute approximate surface area is 128 Å². The summed E-state index contributed by atoms with van der Waals surface area (Å²) >= 11 is 0. The molecular formula is C18H15NO3. The molecule has 3 aromatic rings. The molecule has 0 atom stereocenters. The number of aromatic carboxylic acids is 1. The molecule has 0 aliphatic heterocycles. The molecule has 0 aliphatic carbocycles. The molecule has 0 unspecified atom stereocenters. The number of nitrogens with zero attached hydrogens (tertiary/aromatic N) is 1. The van der Waals surface area contributed by atoms with Crippen LogP contribution in [0.1, 0.15) is 16.1 Å². The molecule has 0 saturated carbocycles. The molecule has 0 aliphatic rings. The molecule has 0 amide bonds. The van der Waals surface area contributed by atoms with Crippen LogP contribution in [0.3, 0.4) is 0 Å². The van der Waals surface area contributed by atoms with Crippen LogP contribution in [-0.4, -0.2) is 22.7 Å². The molecule has 0 spiro atoms. The molecule has 110 valence electrons. The van der Waals surface area contributed by atoms with Gasteiger partial charge in [0.15, 0.2) is 5.69 Å². The average Bonchev–Trinajstić information content (AvgIpc) is 2.55. The van der Waals surface area contributed by atoms with Crippen molar-refractivity contribution in [3.63, 3.8) is 0 Å². The van der Waals surface area contributed by atoms with Gasteiger partial charge in [-0.2, -0.15) is 0 Å². The van der Waals surface area contributed by atoms with E-state index in [1.165, 1.54) is 11.6 Å². The fraction of sp³-hybridized carbons (Fsp3) is 0.111. The molecule has 22 heavy (non-hydrogen) atoms. The van der Waals surface area contributed by atoms with Crippen molar-refractivity contribution in [1.82, 2.24) is 4.98 Å². The SMILES string of the molecule is O=C(O)c1cc(OCCc2ccccc2)c2ccccc2n1. The van der Waals surface area contributed by atoms with E-state index in [0.29, 0.717) is 17.9 Å². The number of pyridine rings is 1. The highest BCUT2D eigenvalue weighted by Gasteiger charge is 2.11. The first-order chi connectivity index (χ1) is 10.7. The fourth-order valence-corrected chi connectivity index (χ4v) is 2.30. The van der Waals surface area contributed by atoms with Gasteiger partial charge in [0.2, 0.25) is 0 Å². The molecule has 0 bridgehead atoms. The lowest BCUT2D eigenvalue weighted by Gasteiger charge is -2.10. The number of carboxylic acid groups (broad SMARTS) is 1. The van der Waals surface area contributed by atoms with Crippen LogP contribution in [-0.2, 0) is 6.42 Å². The first-order valence-corrected chi connectivity index (χ1v) is 7.04. The van der Waals surface area contributed by atoms with E-state index in [1.807, 2.05) is 48.5 Å². The van der Waals surface area contributed by atoms with Crippen LogP contribution < -0.4 is 4.74 Å². The Morgan fingerprint density at radius 1 is 1.05 bits per heavy atom. The van der Waals surface area contributed by atoms with E-state index in [-0.39, 0.29) is 5.69 Å². The van der Waals surface area contributed by atoms with Crippen molar-refractivity contribution in [3.05, 3.63) is 71.9 Å². The molecule has 1 aromatic heterocycles. The summed E-state index contributed by atoms with van der Waals surface area (Å²) in [5.41, 5.74) is 1.80. The first-order valence-electron chi connectivity index (χ1n) is 7.04. The number of ether oxygens (including phenoxy) is 1. The number of carbonyl (C=O) groups is 1. The molecular weight excluding hydrogens is 278 g/mol. The van der Waals surface area contributed by atoms with Gasteiger partial charge in [-0.3, -0.25) is 0 Å². The maximum absolute atomic E-state index is 11.2. The van der Waals surface area contributed by atoms with Crippen molar-refractivity contribution in [1.29, 1.82) is 0 Å². The number of aromatic nitrogens is 1. The minimum atomic E-state index is -1.06. The highest BCUT2D eigenvalue weighted by Crippen LogP contribution is 2.25.